The predicted octanol–water partition coefficient (Wildman–Crippen LogP) is 3.59. The molecule has 1 aliphatic rings. The van der Waals surface area contributed by atoms with E-state index < -0.39 is 0 Å². The Balaban J connectivity index is 1.76. The third-order valence-corrected chi connectivity index (χ3v) is 5.78. The van der Waals surface area contributed by atoms with Gasteiger partial charge in [-0.25, -0.2) is 4.98 Å². The Morgan fingerprint density at radius 1 is 1.36 bits per heavy atom. The molecule has 124 valence electrons. The molecule has 0 bridgehead atoms. The predicted molar refractivity (Wildman–Crippen MR) is 95.4 cm³/mol. The molecule has 0 saturated heterocycles. The Hall–Kier alpha value is -1.10. The Morgan fingerprint density at radius 2 is 2.09 bits per heavy atom. The van der Waals surface area contributed by atoms with Crippen molar-refractivity contribution in [2.24, 2.45) is 16.8 Å². The minimum absolute atomic E-state index is 0.559. The molecular weight excluding hydrogens is 292 g/mol. The minimum atomic E-state index is 0.559. The summed E-state index contributed by atoms with van der Waals surface area (Å²) >= 11 is 1.78. The van der Waals surface area contributed by atoms with E-state index in [-0.39, 0.29) is 0 Å². The molecule has 1 fully saturated rings. The lowest BCUT2D eigenvalue weighted by Gasteiger charge is -2.32. The largest absolute Gasteiger partial charge is 0.354 e. The zero-order chi connectivity index (χ0) is 15.9. The van der Waals surface area contributed by atoms with E-state index in [1.807, 2.05) is 13.2 Å². The van der Waals surface area contributed by atoms with Gasteiger partial charge in [-0.05, 0) is 43.9 Å². The van der Waals surface area contributed by atoms with Crippen molar-refractivity contribution in [3.8, 4) is 0 Å². The van der Waals surface area contributed by atoms with Gasteiger partial charge in [-0.3, -0.25) is 4.99 Å². The number of rotatable bonds is 5. The summed E-state index contributed by atoms with van der Waals surface area (Å²) in [6.45, 7) is 7.61. The lowest BCUT2D eigenvalue weighted by atomic mass is 9.80. The summed E-state index contributed by atoms with van der Waals surface area (Å²) in [5.41, 5.74) is 0. The molecule has 22 heavy (non-hydrogen) atoms. The third-order valence-electron chi connectivity index (χ3n) is 4.64. The Morgan fingerprint density at radius 3 is 2.64 bits per heavy atom. The average molecular weight is 323 g/mol. The minimum Gasteiger partial charge on any atom is -0.354 e. The molecule has 0 amide bonds. The molecule has 1 aromatic rings. The molecule has 1 aliphatic carbocycles. The van der Waals surface area contributed by atoms with E-state index >= 15 is 0 Å². The van der Waals surface area contributed by atoms with Crippen LogP contribution in [0.1, 0.15) is 56.3 Å². The van der Waals surface area contributed by atoms with Crippen molar-refractivity contribution in [1.29, 1.82) is 0 Å². The second kappa shape index (κ2) is 8.51. The second-order valence-corrected chi connectivity index (χ2v) is 7.70. The van der Waals surface area contributed by atoms with Crippen molar-refractivity contribution in [3.05, 3.63) is 16.1 Å². The fourth-order valence-corrected chi connectivity index (χ4v) is 3.87. The molecule has 0 radical (unpaired) electrons. The molecule has 0 spiro atoms. The van der Waals surface area contributed by atoms with Gasteiger partial charge in [0.05, 0.1) is 6.54 Å². The lowest BCUT2D eigenvalue weighted by Crippen LogP contribution is -2.44. The molecule has 1 heterocycles. The van der Waals surface area contributed by atoms with Gasteiger partial charge in [0.25, 0.3) is 0 Å². The van der Waals surface area contributed by atoms with Crippen LogP contribution in [-0.2, 0) is 13.0 Å². The third kappa shape index (κ3) is 4.97. The number of guanidine groups is 1. The molecule has 0 aliphatic heterocycles. The summed E-state index contributed by atoms with van der Waals surface area (Å²) < 4.78 is 0. The first-order valence-electron chi connectivity index (χ1n) is 8.53. The topological polar surface area (TPSA) is 49.3 Å². The van der Waals surface area contributed by atoms with Crippen LogP contribution in [0, 0.1) is 11.8 Å². The number of aromatic nitrogens is 1. The summed E-state index contributed by atoms with van der Waals surface area (Å²) in [5.74, 6) is 2.62. The average Bonchev–Trinajstić information content (AvgIpc) is 3.00. The Kier molecular flexibility index (Phi) is 6.68. The van der Waals surface area contributed by atoms with E-state index in [0.29, 0.717) is 6.04 Å². The summed E-state index contributed by atoms with van der Waals surface area (Å²) in [6.07, 6.45) is 8.20. The summed E-state index contributed by atoms with van der Waals surface area (Å²) in [5, 5.41) is 8.09. The fraction of sp³-hybridized carbons (Fsp3) is 0.765. The van der Waals surface area contributed by atoms with Crippen LogP contribution < -0.4 is 10.6 Å². The molecule has 1 saturated carbocycles. The van der Waals surface area contributed by atoms with E-state index in [9.17, 15) is 0 Å². The highest BCUT2D eigenvalue weighted by Gasteiger charge is 2.23. The van der Waals surface area contributed by atoms with Gasteiger partial charge in [0.2, 0.25) is 0 Å². The first-order chi connectivity index (χ1) is 10.6. The summed E-state index contributed by atoms with van der Waals surface area (Å²) in [4.78, 5) is 10.1. The van der Waals surface area contributed by atoms with Crippen molar-refractivity contribution in [1.82, 2.24) is 15.6 Å². The summed E-state index contributed by atoms with van der Waals surface area (Å²) in [6, 6.07) is 0.559. The van der Waals surface area contributed by atoms with Crippen molar-refractivity contribution in [3.63, 3.8) is 0 Å². The number of nitrogens with zero attached hydrogens (tertiary/aromatic N) is 2. The summed E-state index contributed by atoms with van der Waals surface area (Å²) in [7, 11) is 1.84. The molecular formula is C17H30N4S. The van der Waals surface area contributed by atoms with E-state index in [1.165, 1.54) is 30.6 Å². The van der Waals surface area contributed by atoms with Crippen LogP contribution in [0.25, 0.3) is 0 Å². The fourth-order valence-electron chi connectivity index (χ4n) is 3.07. The van der Waals surface area contributed by atoms with E-state index in [0.717, 1.165) is 35.8 Å². The van der Waals surface area contributed by atoms with Crippen LogP contribution in [0.2, 0.25) is 0 Å². The van der Waals surface area contributed by atoms with Gasteiger partial charge in [0, 0.05) is 24.2 Å². The van der Waals surface area contributed by atoms with Gasteiger partial charge in [0.1, 0.15) is 5.01 Å². The normalized spacial score (nSPS) is 22.9. The molecule has 4 nitrogen and oxygen atoms in total. The zero-order valence-corrected chi connectivity index (χ0v) is 15.2. The van der Waals surface area contributed by atoms with E-state index in [4.69, 9.17) is 0 Å². The molecule has 1 aromatic heterocycles. The maximum atomic E-state index is 4.44. The highest BCUT2D eigenvalue weighted by atomic mass is 32.1. The van der Waals surface area contributed by atoms with Gasteiger partial charge in [-0.1, -0.05) is 20.8 Å². The second-order valence-electron chi connectivity index (χ2n) is 6.50. The van der Waals surface area contributed by atoms with E-state index in [2.05, 4.69) is 41.4 Å². The van der Waals surface area contributed by atoms with E-state index in [1.54, 1.807) is 11.3 Å². The van der Waals surface area contributed by atoms with Crippen LogP contribution in [0.3, 0.4) is 0 Å². The van der Waals surface area contributed by atoms with Crippen LogP contribution >= 0.6 is 11.3 Å². The maximum absolute atomic E-state index is 4.44. The molecule has 0 unspecified atom stereocenters. The SMILES string of the molecule is CCc1cnc(CNC(=NC)NC2CCC(C(C)C)CC2)s1. The number of hydrogen-bond donors (Lipinski definition) is 2. The standard InChI is InChI=1S/C17H30N4S/c1-5-15-10-19-16(22-15)11-20-17(18-4)21-14-8-6-13(7-9-14)12(2)3/h10,12-14H,5-9,11H2,1-4H3,(H2,18,20,21). The quantitative estimate of drug-likeness (QED) is 0.643. The van der Waals surface area contributed by atoms with Crippen molar-refractivity contribution >= 4 is 17.3 Å². The number of aliphatic imine (C=N–C) groups is 1. The van der Waals surface area contributed by atoms with Crippen LogP contribution in [0.5, 0.6) is 0 Å². The monoisotopic (exact) mass is 322 g/mol. The van der Waals surface area contributed by atoms with Crippen LogP contribution in [0.4, 0.5) is 0 Å². The van der Waals surface area contributed by atoms with Crippen molar-refractivity contribution in [2.75, 3.05) is 7.05 Å². The molecule has 5 heteroatoms. The number of aryl methyl sites for hydroxylation is 1. The lowest BCUT2D eigenvalue weighted by molar-refractivity contribution is 0.250. The molecule has 2 N–H and O–H groups in total. The highest BCUT2D eigenvalue weighted by molar-refractivity contribution is 7.11. The van der Waals surface area contributed by atoms with Gasteiger partial charge in [-0.15, -0.1) is 11.3 Å². The first-order valence-corrected chi connectivity index (χ1v) is 9.34. The number of thiazole rings is 1. The first kappa shape index (κ1) is 17.3. The van der Waals surface area contributed by atoms with Gasteiger partial charge < -0.3 is 10.6 Å². The highest BCUT2D eigenvalue weighted by Crippen LogP contribution is 2.29. The number of nitrogens with one attached hydrogen (secondary N) is 2. The Bertz CT molecular complexity index is 473. The maximum Gasteiger partial charge on any atom is 0.191 e. The zero-order valence-electron chi connectivity index (χ0n) is 14.4. The van der Waals surface area contributed by atoms with Crippen molar-refractivity contribution in [2.45, 2.75) is 65.5 Å². The van der Waals surface area contributed by atoms with Crippen molar-refractivity contribution < 1.29 is 0 Å². The van der Waals surface area contributed by atoms with Gasteiger partial charge in [0.15, 0.2) is 5.96 Å². The van der Waals surface area contributed by atoms with Gasteiger partial charge >= 0.3 is 0 Å². The van der Waals surface area contributed by atoms with Gasteiger partial charge in [-0.2, -0.15) is 0 Å². The number of hydrogen-bond acceptors (Lipinski definition) is 3. The molecule has 0 aromatic carbocycles. The molecule has 0 atom stereocenters. The molecule has 2 rings (SSSR count). The van der Waals surface area contributed by atoms with Crippen LogP contribution in [0.15, 0.2) is 11.2 Å². The van der Waals surface area contributed by atoms with Crippen LogP contribution in [-0.4, -0.2) is 24.0 Å². The smallest absolute Gasteiger partial charge is 0.191 e. The Labute approximate surface area is 138 Å².